The molecule has 0 fully saturated rings. The van der Waals surface area contributed by atoms with Crippen LogP contribution < -0.4 is 14.2 Å². The molecule has 1 aromatic heterocycles. The molecule has 1 unspecified atom stereocenters. The highest BCUT2D eigenvalue weighted by Crippen LogP contribution is 2.27. The fraction of sp³-hybridized carbons (Fsp3) is 0.308. The molecule has 9 heteroatoms. The predicted octanol–water partition coefficient (Wildman–Crippen LogP) is 2.34. The molecule has 0 saturated heterocycles. The Labute approximate surface area is 132 Å². The number of halogens is 1. The largest absolute Gasteiger partial charge is 0.494 e. The average molecular weight is 346 g/mol. The van der Waals surface area contributed by atoms with Crippen LogP contribution in [0.15, 0.2) is 28.5 Å². The van der Waals surface area contributed by atoms with Gasteiger partial charge < -0.3 is 9.47 Å². The summed E-state index contributed by atoms with van der Waals surface area (Å²) >= 11 is 0.977. The Balaban J connectivity index is 2.24. The molecule has 0 bridgehead atoms. The maximum atomic E-state index is 13.7. The highest BCUT2D eigenvalue weighted by Gasteiger charge is 2.24. The van der Waals surface area contributed by atoms with Gasteiger partial charge in [0.1, 0.15) is 0 Å². The molecule has 1 atom stereocenters. The smallest absolute Gasteiger partial charge is 0.247 e. The Morgan fingerprint density at radius 3 is 2.64 bits per heavy atom. The van der Waals surface area contributed by atoms with Gasteiger partial charge in [-0.25, -0.2) is 17.5 Å². The molecular formula is C13H15FN2O4S2. The SMILES string of the molecule is COc1ccc(C(C)NS(=O)(=O)c2csnc2OC)cc1F. The molecule has 0 aliphatic rings. The van der Waals surface area contributed by atoms with Crippen LogP contribution >= 0.6 is 11.5 Å². The quantitative estimate of drug-likeness (QED) is 0.869. The molecule has 22 heavy (non-hydrogen) atoms. The number of sulfonamides is 1. The van der Waals surface area contributed by atoms with Crippen LogP contribution in [-0.2, 0) is 10.0 Å². The lowest BCUT2D eigenvalue weighted by Gasteiger charge is -2.15. The van der Waals surface area contributed by atoms with Crippen LogP contribution in [0.5, 0.6) is 11.6 Å². The van der Waals surface area contributed by atoms with Gasteiger partial charge in [0.25, 0.3) is 0 Å². The van der Waals surface area contributed by atoms with Crippen molar-refractivity contribution >= 4 is 21.6 Å². The van der Waals surface area contributed by atoms with Crippen LogP contribution in [0.3, 0.4) is 0 Å². The molecule has 6 nitrogen and oxygen atoms in total. The van der Waals surface area contributed by atoms with Crippen molar-refractivity contribution in [2.45, 2.75) is 17.9 Å². The lowest BCUT2D eigenvalue weighted by Crippen LogP contribution is -2.27. The lowest BCUT2D eigenvalue weighted by molar-refractivity contribution is 0.385. The third kappa shape index (κ3) is 3.37. The molecule has 1 aromatic carbocycles. The van der Waals surface area contributed by atoms with E-state index in [9.17, 15) is 12.8 Å². The molecule has 0 saturated carbocycles. The fourth-order valence-electron chi connectivity index (χ4n) is 1.85. The van der Waals surface area contributed by atoms with Crippen molar-refractivity contribution < 1.29 is 22.3 Å². The van der Waals surface area contributed by atoms with Crippen molar-refractivity contribution in [1.29, 1.82) is 0 Å². The monoisotopic (exact) mass is 346 g/mol. The maximum Gasteiger partial charge on any atom is 0.247 e. The normalized spacial score (nSPS) is 12.9. The topological polar surface area (TPSA) is 77.5 Å². The highest BCUT2D eigenvalue weighted by molar-refractivity contribution is 7.89. The second kappa shape index (κ2) is 6.59. The van der Waals surface area contributed by atoms with E-state index in [1.165, 1.54) is 31.7 Å². The zero-order valence-corrected chi connectivity index (χ0v) is 13.8. The van der Waals surface area contributed by atoms with E-state index in [0.29, 0.717) is 5.56 Å². The van der Waals surface area contributed by atoms with Crippen LogP contribution in [0.1, 0.15) is 18.5 Å². The van der Waals surface area contributed by atoms with E-state index in [1.807, 2.05) is 0 Å². The summed E-state index contributed by atoms with van der Waals surface area (Å²) in [6, 6.07) is 3.64. The van der Waals surface area contributed by atoms with Gasteiger partial charge in [0.05, 0.1) is 14.2 Å². The number of hydrogen-bond donors (Lipinski definition) is 1. The maximum absolute atomic E-state index is 13.7. The summed E-state index contributed by atoms with van der Waals surface area (Å²) in [5.41, 5.74) is 0.476. The fourth-order valence-corrected chi connectivity index (χ4v) is 4.15. The molecule has 0 amide bonds. The number of nitrogens with one attached hydrogen (secondary N) is 1. The molecule has 120 valence electrons. The number of hydrogen-bond acceptors (Lipinski definition) is 6. The standard InChI is InChI=1S/C13H15FN2O4S2/c1-8(9-4-5-11(19-2)10(14)6-9)16-22(17,18)12-7-21-15-13(12)20-3/h4-8,16H,1-3H3. The van der Waals surface area contributed by atoms with Crippen molar-refractivity contribution in [1.82, 2.24) is 9.10 Å². The van der Waals surface area contributed by atoms with Gasteiger partial charge in [-0.15, -0.1) is 0 Å². The Kier molecular flexibility index (Phi) is 4.99. The summed E-state index contributed by atoms with van der Waals surface area (Å²) in [6.07, 6.45) is 0. The van der Waals surface area contributed by atoms with E-state index in [1.54, 1.807) is 13.0 Å². The van der Waals surface area contributed by atoms with E-state index in [2.05, 4.69) is 9.10 Å². The van der Waals surface area contributed by atoms with Gasteiger partial charge in [0.15, 0.2) is 16.5 Å². The summed E-state index contributed by atoms with van der Waals surface area (Å²) in [6.45, 7) is 1.62. The molecule has 2 rings (SSSR count). The van der Waals surface area contributed by atoms with Crippen LogP contribution in [0.4, 0.5) is 4.39 Å². The van der Waals surface area contributed by atoms with Crippen molar-refractivity contribution in [3.8, 4) is 11.6 Å². The van der Waals surface area contributed by atoms with E-state index in [-0.39, 0.29) is 16.5 Å². The number of benzene rings is 1. The van der Waals surface area contributed by atoms with Gasteiger partial charge in [-0.2, -0.15) is 4.37 Å². The van der Waals surface area contributed by atoms with E-state index in [4.69, 9.17) is 9.47 Å². The van der Waals surface area contributed by atoms with Gasteiger partial charge in [-0.3, -0.25) is 0 Å². The summed E-state index contributed by atoms with van der Waals surface area (Å²) in [4.78, 5) is -0.0409. The molecule has 0 aliphatic carbocycles. The molecule has 0 radical (unpaired) electrons. The highest BCUT2D eigenvalue weighted by atomic mass is 32.2. The lowest BCUT2D eigenvalue weighted by atomic mass is 10.1. The van der Waals surface area contributed by atoms with E-state index >= 15 is 0 Å². The Morgan fingerprint density at radius 1 is 1.32 bits per heavy atom. The van der Waals surface area contributed by atoms with Gasteiger partial charge in [-0.1, -0.05) is 6.07 Å². The minimum atomic E-state index is -3.82. The van der Waals surface area contributed by atoms with Crippen molar-refractivity contribution in [2.75, 3.05) is 14.2 Å². The van der Waals surface area contributed by atoms with E-state index in [0.717, 1.165) is 11.5 Å². The van der Waals surface area contributed by atoms with Crippen molar-refractivity contribution in [2.24, 2.45) is 0 Å². The van der Waals surface area contributed by atoms with Gasteiger partial charge in [0, 0.05) is 11.4 Å². The van der Waals surface area contributed by atoms with Crippen LogP contribution in [-0.4, -0.2) is 27.0 Å². The number of ether oxygens (including phenoxy) is 2. The van der Waals surface area contributed by atoms with E-state index < -0.39 is 21.9 Å². The molecule has 0 spiro atoms. The molecule has 0 aliphatic heterocycles. The molecular weight excluding hydrogens is 331 g/mol. The first kappa shape index (κ1) is 16.7. The van der Waals surface area contributed by atoms with Gasteiger partial charge in [0.2, 0.25) is 15.9 Å². The summed E-state index contributed by atoms with van der Waals surface area (Å²) in [7, 11) is -1.11. The molecule has 1 heterocycles. The number of nitrogens with zero attached hydrogens (tertiary/aromatic N) is 1. The summed E-state index contributed by atoms with van der Waals surface area (Å²) in [5, 5.41) is 1.38. The van der Waals surface area contributed by atoms with Gasteiger partial charge in [-0.05, 0) is 36.2 Å². The summed E-state index contributed by atoms with van der Waals surface area (Å²) < 4.78 is 54.4. The van der Waals surface area contributed by atoms with Gasteiger partial charge >= 0.3 is 0 Å². The van der Waals surface area contributed by atoms with Crippen LogP contribution in [0.2, 0.25) is 0 Å². The van der Waals surface area contributed by atoms with Crippen LogP contribution in [0.25, 0.3) is 0 Å². The zero-order chi connectivity index (χ0) is 16.3. The predicted molar refractivity (Wildman–Crippen MR) is 80.4 cm³/mol. The molecule has 1 N–H and O–H groups in total. The number of rotatable bonds is 6. The first-order valence-electron chi connectivity index (χ1n) is 6.23. The van der Waals surface area contributed by atoms with Crippen LogP contribution in [0, 0.1) is 5.82 Å². The third-order valence-electron chi connectivity index (χ3n) is 3.00. The second-order valence-corrected chi connectivity index (χ2v) is 6.74. The minimum absolute atomic E-state index is 0.0330. The first-order chi connectivity index (χ1) is 10.4. The summed E-state index contributed by atoms with van der Waals surface area (Å²) in [5.74, 6) is -0.422. The first-order valence-corrected chi connectivity index (χ1v) is 8.55. The second-order valence-electron chi connectivity index (χ2n) is 4.43. The van der Waals surface area contributed by atoms with Crippen molar-refractivity contribution in [3.05, 3.63) is 35.0 Å². The average Bonchev–Trinajstić information content (AvgIpc) is 2.96. The Bertz CT molecular complexity index is 761. The zero-order valence-electron chi connectivity index (χ0n) is 12.2. The Hall–Kier alpha value is -1.71. The number of methoxy groups -OCH3 is 2. The minimum Gasteiger partial charge on any atom is -0.494 e. The van der Waals surface area contributed by atoms with Crippen molar-refractivity contribution in [3.63, 3.8) is 0 Å². The molecule has 2 aromatic rings. The third-order valence-corrected chi connectivity index (χ3v) is 5.29. The Morgan fingerprint density at radius 2 is 2.05 bits per heavy atom. The number of aromatic nitrogens is 1.